The summed E-state index contributed by atoms with van der Waals surface area (Å²) in [6.07, 6.45) is 0. The Kier molecular flexibility index (Phi) is 7.22. The van der Waals surface area contributed by atoms with Crippen LogP contribution in [0.25, 0.3) is 0 Å². The molecule has 3 rings (SSSR count). The van der Waals surface area contributed by atoms with Gasteiger partial charge in [-0.1, -0.05) is 12.1 Å². The van der Waals surface area contributed by atoms with Gasteiger partial charge in [-0.05, 0) is 44.0 Å². The van der Waals surface area contributed by atoms with Crippen molar-refractivity contribution in [2.75, 3.05) is 19.7 Å². The smallest absolute Gasteiger partial charge is 0.318 e. The molecule has 0 radical (unpaired) electrons. The van der Waals surface area contributed by atoms with Crippen molar-refractivity contribution in [3.05, 3.63) is 73.6 Å². The number of carbonyl (C=O) groups is 1. The van der Waals surface area contributed by atoms with Gasteiger partial charge in [-0.3, -0.25) is 29.9 Å². The number of amides is 1. The average molecular weight is 460 g/mol. The molecule has 1 fully saturated rings. The minimum atomic E-state index is -0.765. The normalized spacial score (nSPS) is 18.7. The molecule has 0 bridgehead atoms. The Balaban J connectivity index is 1.69. The van der Waals surface area contributed by atoms with Crippen LogP contribution in [0.15, 0.2) is 36.4 Å². The zero-order chi connectivity index (χ0) is 24.3. The van der Waals surface area contributed by atoms with Gasteiger partial charge in [-0.15, -0.1) is 0 Å². The molecule has 2 aromatic rings. The molecule has 0 unspecified atom stereocenters. The first-order valence-electron chi connectivity index (χ1n) is 10.4. The number of nitrogens with zero attached hydrogens (tertiary/aromatic N) is 4. The van der Waals surface area contributed by atoms with Crippen molar-refractivity contribution < 1.29 is 23.8 Å². The van der Waals surface area contributed by atoms with Gasteiger partial charge in [-0.2, -0.15) is 0 Å². The number of nitro benzene ring substituents is 2. The van der Waals surface area contributed by atoms with Crippen molar-refractivity contribution in [1.82, 2.24) is 9.80 Å². The fraction of sp³-hybridized carbons (Fsp3) is 0.409. The van der Waals surface area contributed by atoms with Crippen molar-refractivity contribution in [2.24, 2.45) is 0 Å². The van der Waals surface area contributed by atoms with Gasteiger partial charge in [0, 0.05) is 43.9 Å². The van der Waals surface area contributed by atoms with Crippen LogP contribution in [-0.2, 0) is 11.3 Å². The van der Waals surface area contributed by atoms with Crippen molar-refractivity contribution in [2.45, 2.75) is 39.4 Å². The predicted molar refractivity (Wildman–Crippen MR) is 117 cm³/mol. The summed E-state index contributed by atoms with van der Waals surface area (Å²) >= 11 is 0. The van der Waals surface area contributed by atoms with Crippen LogP contribution >= 0.6 is 0 Å². The number of piperazine rings is 1. The topological polar surface area (TPSA) is 119 Å². The molecule has 10 nitrogen and oxygen atoms in total. The van der Waals surface area contributed by atoms with E-state index in [-0.39, 0.29) is 17.9 Å². The lowest BCUT2D eigenvalue weighted by Crippen LogP contribution is -2.58. The maximum absolute atomic E-state index is 13.2. The van der Waals surface area contributed by atoms with E-state index < -0.39 is 39.5 Å². The first-order chi connectivity index (χ1) is 15.6. The summed E-state index contributed by atoms with van der Waals surface area (Å²) in [5.41, 5.74) is 0.185. The zero-order valence-electron chi connectivity index (χ0n) is 18.6. The van der Waals surface area contributed by atoms with Gasteiger partial charge in [0.25, 0.3) is 11.7 Å². The van der Waals surface area contributed by atoms with Crippen LogP contribution in [0.1, 0.15) is 25.0 Å². The summed E-state index contributed by atoms with van der Waals surface area (Å²) in [5, 5.41) is 22.8. The summed E-state index contributed by atoms with van der Waals surface area (Å²) in [4.78, 5) is 37.9. The summed E-state index contributed by atoms with van der Waals surface area (Å²) < 4.78 is 18.5. The van der Waals surface area contributed by atoms with Crippen molar-refractivity contribution in [3.63, 3.8) is 0 Å². The molecule has 2 aromatic carbocycles. The van der Waals surface area contributed by atoms with Gasteiger partial charge >= 0.3 is 11.4 Å². The van der Waals surface area contributed by atoms with Gasteiger partial charge in [-0.25, -0.2) is 4.39 Å². The molecule has 1 amide bonds. The molecule has 1 heterocycles. The number of nitro groups is 2. The highest BCUT2D eigenvalue weighted by molar-refractivity contribution is 5.79. The van der Waals surface area contributed by atoms with Gasteiger partial charge in [0.2, 0.25) is 0 Å². The lowest BCUT2D eigenvalue weighted by molar-refractivity contribution is -0.396. The third kappa shape index (κ3) is 5.61. The standard InChI is InChI=1S/C22H25FN4O6/c1-14-8-19(26(29)30)22(20(9-14)27(31)32)33-13-21(28)25-11-15(2)24(10-16(25)3)12-17-4-6-18(23)7-5-17/h4-9,15-16H,10-13H2,1-3H3/t15-,16+/m0/s1. The van der Waals surface area contributed by atoms with Crippen LogP contribution in [0.2, 0.25) is 0 Å². The lowest BCUT2D eigenvalue weighted by atomic mass is 10.1. The molecule has 0 aromatic heterocycles. The van der Waals surface area contributed by atoms with E-state index in [4.69, 9.17) is 4.74 Å². The highest BCUT2D eigenvalue weighted by Crippen LogP contribution is 2.38. The Morgan fingerprint density at radius 3 is 2.18 bits per heavy atom. The molecule has 0 saturated carbocycles. The molecule has 33 heavy (non-hydrogen) atoms. The Hall–Kier alpha value is -3.60. The third-order valence-corrected chi connectivity index (χ3v) is 5.66. The minimum absolute atomic E-state index is 0.00162. The first-order valence-corrected chi connectivity index (χ1v) is 10.4. The van der Waals surface area contributed by atoms with Crippen molar-refractivity contribution >= 4 is 17.3 Å². The fourth-order valence-corrected chi connectivity index (χ4v) is 3.96. The molecule has 0 aliphatic carbocycles. The van der Waals surface area contributed by atoms with E-state index in [1.807, 2.05) is 13.8 Å². The average Bonchev–Trinajstić information content (AvgIpc) is 2.75. The number of rotatable bonds is 7. The van der Waals surface area contributed by atoms with E-state index in [2.05, 4.69) is 4.90 Å². The second-order valence-electron chi connectivity index (χ2n) is 8.24. The fourth-order valence-electron chi connectivity index (χ4n) is 3.96. The highest BCUT2D eigenvalue weighted by Gasteiger charge is 2.34. The molecular weight excluding hydrogens is 435 g/mol. The van der Waals surface area contributed by atoms with Crippen molar-refractivity contribution in [1.29, 1.82) is 0 Å². The maximum Gasteiger partial charge on any atom is 0.318 e. The molecule has 0 spiro atoms. The maximum atomic E-state index is 13.2. The second kappa shape index (κ2) is 9.90. The lowest BCUT2D eigenvalue weighted by Gasteiger charge is -2.44. The van der Waals surface area contributed by atoms with Crippen LogP contribution in [0.4, 0.5) is 15.8 Å². The molecule has 2 atom stereocenters. The van der Waals surface area contributed by atoms with Gasteiger partial charge < -0.3 is 9.64 Å². The first kappa shape index (κ1) is 24.1. The van der Waals surface area contributed by atoms with Crippen LogP contribution in [0.5, 0.6) is 5.75 Å². The number of aryl methyl sites for hydroxylation is 1. The molecule has 11 heteroatoms. The van der Waals surface area contributed by atoms with E-state index in [1.54, 1.807) is 17.0 Å². The number of halogens is 1. The summed E-state index contributed by atoms with van der Waals surface area (Å²) in [7, 11) is 0. The predicted octanol–water partition coefficient (Wildman–Crippen LogP) is 3.45. The Bertz CT molecular complexity index is 1030. The SMILES string of the molecule is Cc1cc([N+](=O)[O-])c(OCC(=O)N2C[C@H](C)N(Cc3ccc(F)cc3)C[C@H]2C)c([N+](=O)[O-])c1. The molecule has 176 valence electrons. The van der Waals surface area contributed by atoms with Crippen LogP contribution in [0, 0.1) is 33.0 Å². The number of benzene rings is 2. The van der Waals surface area contributed by atoms with Crippen LogP contribution in [0.3, 0.4) is 0 Å². The van der Waals surface area contributed by atoms with E-state index >= 15 is 0 Å². The second-order valence-corrected chi connectivity index (χ2v) is 8.24. The molecular formula is C22H25FN4O6. The highest BCUT2D eigenvalue weighted by atomic mass is 19.1. The molecule has 1 aliphatic heterocycles. The number of ether oxygens (including phenoxy) is 1. The van der Waals surface area contributed by atoms with E-state index in [1.165, 1.54) is 31.2 Å². The summed E-state index contributed by atoms with van der Waals surface area (Å²) in [5.74, 6) is -1.25. The van der Waals surface area contributed by atoms with E-state index in [0.717, 1.165) is 5.56 Å². The van der Waals surface area contributed by atoms with E-state index in [9.17, 15) is 29.4 Å². The van der Waals surface area contributed by atoms with Gasteiger partial charge in [0.05, 0.1) is 9.85 Å². The zero-order valence-corrected chi connectivity index (χ0v) is 18.6. The minimum Gasteiger partial charge on any atom is -0.472 e. The van der Waals surface area contributed by atoms with Crippen LogP contribution < -0.4 is 4.74 Å². The van der Waals surface area contributed by atoms with Gasteiger partial charge in [0.1, 0.15) is 5.82 Å². The largest absolute Gasteiger partial charge is 0.472 e. The number of carbonyl (C=O) groups excluding carboxylic acids is 1. The summed E-state index contributed by atoms with van der Waals surface area (Å²) in [6.45, 7) is 6.34. The quantitative estimate of drug-likeness (QED) is 0.458. The van der Waals surface area contributed by atoms with E-state index in [0.29, 0.717) is 25.2 Å². The molecule has 1 aliphatic rings. The molecule has 0 N–H and O–H groups in total. The van der Waals surface area contributed by atoms with Crippen LogP contribution in [-0.4, -0.2) is 57.3 Å². The molecule has 1 saturated heterocycles. The number of hydrogen-bond donors (Lipinski definition) is 0. The Morgan fingerprint density at radius 2 is 1.64 bits per heavy atom. The Morgan fingerprint density at radius 1 is 1.06 bits per heavy atom. The number of hydrogen-bond acceptors (Lipinski definition) is 7. The summed E-state index contributed by atoms with van der Waals surface area (Å²) in [6, 6.07) is 8.42. The third-order valence-electron chi connectivity index (χ3n) is 5.66. The van der Waals surface area contributed by atoms with Gasteiger partial charge in [0.15, 0.2) is 6.61 Å². The monoisotopic (exact) mass is 460 g/mol. The Labute approximate surface area is 189 Å². The van der Waals surface area contributed by atoms with Crippen molar-refractivity contribution in [3.8, 4) is 5.75 Å².